The van der Waals surface area contributed by atoms with Crippen molar-refractivity contribution in [2.24, 2.45) is 0 Å². The smallest absolute Gasteiger partial charge is 0.163 e. The van der Waals surface area contributed by atoms with Crippen molar-refractivity contribution in [2.45, 2.75) is 84.7 Å². The van der Waals surface area contributed by atoms with Gasteiger partial charge in [-0.2, -0.15) is 0 Å². The van der Waals surface area contributed by atoms with Crippen LogP contribution in [0.1, 0.15) is 81.6 Å². The van der Waals surface area contributed by atoms with Gasteiger partial charge in [0, 0.05) is 54.3 Å². The van der Waals surface area contributed by atoms with Gasteiger partial charge in [0.15, 0.2) is 11.6 Å². The highest BCUT2D eigenvalue weighted by Gasteiger charge is 2.29. The zero-order valence-electron chi connectivity index (χ0n) is 22.0. The summed E-state index contributed by atoms with van der Waals surface area (Å²) in [5, 5.41) is 9.83. The number of hydrogen-bond donors (Lipinski definition) is 1. The minimum absolute atomic E-state index is 0.0380. The molecule has 0 radical (unpaired) electrons. The lowest BCUT2D eigenvalue weighted by Gasteiger charge is -2.41. The van der Waals surface area contributed by atoms with Crippen molar-refractivity contribution in [3.8, 4) is 0 Å². The van der Waals surface area contributed by atoms with Gasteiger partial charge in [0.1, 0.15) is 0 Å². The lowest BCUT2D eigenvalue weighted by molar-refractivity contribution is -0.115. The number of halogens is 1. The summed E-state index contributed by atoms with van der Waals surface area (Å²) in [6.07, 6.45) is 7.62. The van der Waals surface area contributed by atoms with E-state index in [1.807, 2.05) is 26.8 Å². The van der Waals surface area contributed by atoms with Crippen molar-refractivity contribution in [1.29, 1.82) is 0 Å². The Morgan fingerprint density at radius 3 is 2.37 bits per heavy atom. The molecule has 0 amide bonds. The fraction of sp³-hybridized carbons (Fsp3) is 0.586. The maximum absolute atomic E-state index is 13.3. The van der Waals surface area contributed by atoms with Gasteiger partial charge in [-0.05, 0) is 95.7 Å². The second-order valence-electron chi connectivity index (χ2n) is 10.2. The maximum Gasteiger partial charge on any atom is 0.163 e. The van der Waals surface area contributed by atoms with E-state index >= 15 is 0 Å². The summed E-state index contributed by atoms with van der Waals surface area (Å²) >= 11 is 6.54. The Morgan fingerprint density at radius 1 is 1.11 bits per heavy atom. The van der Waals surface area contributed by atoms with Gasteiger partial charge in [-0.15, -0.1) is 0 Å². The van der Waals surface area contributed by atoms with E-state index in [2.05, 4.69) is 29.8 Å². The van der Waals surface area contributed by atoms with Crippen LogP contribution >= 0.6 is 11.6 Å². The Balaban J connectivity index is 1.76. The lowest BCUT2D eigenvalue weighted by Crippen LogP contribution is -2.44. The molecule has 0 spiro atoms. The molecule has 3 rings (SSSR count). The largest absolute Gasteiger partial charge is 0.395 e. The zero-order valence-corrected chi connectivity index (χ0v) is 22.7. The highest BCUT2D eigenvalue weighted by molar-refractivity contribution is 6.31. The monoisotopic (exact) mass is 500 g/mol. The first kappa shape index (κ1) is 27.6. The van der Waals surface area contributed by atoms with Gasteiger partial charge in [-0.1, -0.05) is 23.3 Å². The average Bonchev–Trinajstić information content (AvgIpc) is 2.81. The van der Waals surface area contributed by atoms with Gasteiger partial charge in [-0.3, -0.25) is 9.59 Å². The number of benzene rings is 1. The minimum Gasteiger partial charge on any atom is -0.395 e. The Kier molecular flexibility index (Phi) is 9.74. The molecule has 0 bridgehead atoms. The van der Waals surface area contributed by atoms with Crippen LogP contribution in [0, 0.1) is 6.92 Å². The number of likely N-dealkylation sites (N-methyl/N-ethyl adjacent to an activating group) is 1. The van der Waals surface area contributed by atoms with E-state index in [-0.39, 0.29) is 18.2 Å². The number of aliphatic hydroxyl groups is 1. The predicted molar refractivity (Wildman–Crippen MR) is 145 cm³/mol. The van der Waals surface area contributed by atoms with Crippen LogP contribution in [0.25, 0.3) is 0 Å². The highest BCUT2D eigenvalue weighted by Crippen LogP contribution is 2.35. The van der Waals surface area contributed by atoms with Crippen molar-refractivity contribution in [3.63, 3.8) is 0 Å². The van der Waals surface area contributed by atoms with Gasteiger partial charge < -0.3 is 14.9 Å². The molecule has 1 aromatic carbocycles. The van der Waals surface area contributed by atoms with Crippen LogP contribution in [0.15, 0.2) is 34.9 Å². The molecule has 0 aliphatic heterocycles. The van der Waals surface area contributed by atoms with Crippen molar-refractivity contribution >= 4 is 28.9 Å². The molecule has 0 saturated heterocycles. The minimum atomic E-state index is 0.0380. The molecule has 1 saturated carbocycles. The van der Waals surface area contributed by atoms with Crippen LogP contribution in [-0.4, -0.2) is 60.4 Å². The van der Waals surface area contributed by atoms with Crippen molar-refractivity contribution < 1.29 is 14.7 Å². The van der Waals surface area contributed by atoms with Gasteiger partial charge in [0.05, 0.1) is 6.61 Å². The number of carbonyl (C=O) groups excluding carboxylic acids is 2. The van der Waals surface area contributed by atoms with Crippen LogP contribution in [-0.2, 0) is 4.79 Å². The Hall–Kier alpha value is -1.95. The number of carbonyl (C=O) groups is 2. The number of allylic oxidation sites excluding steroid dienone is 4. The standard InChI is InChI=1S/C29H41ClN2O3/c1-6-32(24-9-7-23(8-10-24)31(5)13-14-33)27-18-22(30)17-26(21(27)4)28(34)12-11-25-20(3)15-19(2)16-29(25)35/h15,17-18,23-24,33H,6-14,16H2,1-5H3. The van der Waals surface area contributed by atoms with Crippen molar-refractivity contribution in [2.75, 3.05) is 31.6 Å². The zero-order chi connectivity index (χ0) is 25.7. The number of Topliss-reactive ketones (excluding diaryl/α,β-unsaturated/α-hetero) is 2. The number of aliphatic hydroxyl groups excluding tert-OH is 1. The molecule has 6 heteroatoms. The van der Waals surface area contributed by atoms with E-state index in [0.717, 1.165) is 60.2 Å². The summed E-state index contributed by atoms with van der Waals surface area (Å²) in [5.74, 6) is 0.173. The van der Waals surface area contributed by atoms with Crippen LogP contribution in [0.5, 0.6) is 0 Å². The summed E-state index contributed by atoms with van der Waals surface area (Å²) < 4.78 is 0. The van der Waals surface area contributed by atoms with Crippen LogP contribution < -0.4 is 4.90 Å². The maximum atomic E-state index is 13.3. The summed E-state index contributed by atoms with van der Waals surface area (Å²) in [5.41, 5.74) is 5.51. The van der Waals surface area contributed by atoms with Gasteiger partial charge in [0.25, 0.3) is 0 Å². The molecule has 1 aromatic rings. The van der Waals surface area contributed by atoms with E-state index in [4.69, 9.17) is 11.6 Å². The molecule has 1 N–H and O–H groups in total. The third-order valence-electron chi connectivity index (χ3n) is 7.80. The van der Waals surface area contributed by atoms with Crippen LogP contribution in [0.4, 0.5) is 5.69 Å². The third kappa shape index (κ3) is 6.63. The Morgan fingerprint density at radius 2 is 1.77 bits per heavy atom. The molecule has 1 fully saturated rings. The third-order valence-corrected chi connectivity index (χ3v) is 8.01. The number of ketones is 2. The molecule has 2 aliphatic rings. The molecule has 0 unspecified atom stereocenters. The first-order valence-corrected chi connectivity index (χ1v) is 13.3. The molecular formula is C29H41ClN2O3. The van der Waals surface area contributed by atoms with Gasteiger partial charge in [-0.25, -0.2) is 0 Å². The quantitative estimate of drug-likeness (QED) is 0.405. The van der Waals surface area contributed by atoms with E-state index in [0.29, 0.717) is 48.5 Å². The van der Waals surface area contributed by atoms with E-state index in [1.165, 1.54) is 0 Å². The molecule has 0 atom stereocenters. The second-order valence-corrected chi connectivity index (χ2v) is 10.7. The fourth-order valence-corrected chi connectivity index (χ4v) is 6.04. The summed E-state index contributed by atoms with van der Waals surface area (Å²) in [6, 6.07) is 4.69. The summed E-state index contributed by atoms with van der Waals surface area (Å²) in [7, 11) is 2.09. The summed E-state index contributed by atoms with van der Waals surface area (Å²) in [6.45, 7) is 9.86. The number of hydrogen-bond acceptors (Lipinski definition) is 5. The molecule has 5 nitrogen and oxygen atoms in total. The van der Waals surface area contributed by atoms with E-state index < -0.39 is 0 Å². The average molecular weight is 501 g/mol. The van der Waals surface area contributed by atoms with Crippen molar-refractivity contribution in [3.05, 3.63) is 51.1 Å². The topological polar surface area (TPSA) is 60.9 Å². The first-order chi connectivity index (χ1) is 16.7. The fourth-order valence-electron chi connectivity index (χ4n) is 5.83. The molecule has 2 aliphatic carbocycles. The number of rotatable bonds is 10. The van der Waals surface area contributed by atoms with Crippen LogP contribution in [0.3, 0.4) is 0 Å². The lowest BCUT2D eigenvalue weighted by atomic mass is 9.87. The van der Waals surface area contributed by atoms with E-state index in [1.54, 1.807) is 6.07 Å². The molecule has 192 valence electrons. The molecule has 35 heavy (non-hydrogen) atoms. The molecular weight excluding hydrogens is 460 g/mol. The SMILES string of the molecule is CCN(c1cc(Cl)cc(C(=O)CCC2=C(C)C=C(C)CC2=O)c1C)C1CCC(N(C)CCO)CC1. The highest BCUT2D eigenvalue weighted by atomic mass is 35.5. The Labute approximate surface area is 215 Å². The summed E-state index contributed by atoms with van der Waals surface area (Å²) in [4.78, 5) is 30.5. The van der Waals surface area contributed by atoms with E-state index in [9.17, 15) is 14.7 Å². The normalized spacial score (nSPS) is 20.9. The molecule has 0 aromatic heterocycles. The van der Waals surface area contributed by atoms with Crippen LogP contribution in [0.2, 0.25) is 5.02 Å². The Bertz CT molecular complexity index is 1010. The van der Waals surface area contributed by atoms with Gasteiger partial charge >= 0.3 is 0 Å². The number of anilines is 1. The number of nitrogens with zero attached hydrogens (tertiary/aromatic N) is 2. The van der Waals surface area contributed by atoms with Crippen molar-refractivity contribution in [1.82, 2.24) is 4.90 Å². The van der Waals surface area contributed by atoms with Gasteiger partial charge in [0.2, 0.25) is 0 Å². The first-order valence-electron chi connectivity index (χ1n) is 13.0. The molecule has 0 heterocycles. The second kappa shape index (κ2) is 12.3. The predicted octanol–water partition coefficient (Wildman–Crippen LogP) is 5.91.